The van der Waals surface area contributed by atoms with Crippen molar-refractivity contribution in [2.45, 2.75) is 13.8 Å². The van der Waals surface area contributed by atoms with Gasteiger partial charge in [0.25, 0.3) is 5.91 Å². The van der Waals surface area contributed by atoms with Gasteiger partial charge in [-0.2, -0.15) is 0 Å². The third kappa shape index (κ3) is 5.05. The molecule has 0 bridgehead atoms. The van der Waals surface area contributed by atoms with Crippen LogP contribution in [0.15, 0.2) is 48.5 Å². The average molecular weight is 403 g/mol. The minimum atomic E-state index is -0.305. The minimum Gasteiger partial charge on any atom is -0.484 e. The van der Waals surface area contributed by atoms with Crippen molar-refractivity contribution in [3.63, 3.8) is 0 Å². The summed E-state index contributed by atoms with van der Waals surface area (Å²) in [5.74, 6) is 0.187. The van der Waals surface area contributed by atoms with E-state index >= 15 is 0 Å². The Bertz CT molecular complexity index is 912. The van der Waals surface area contributed by atoms with Gasteiger partial charge in [0.2, 0.25) is 0 Å². The Balaban J connectivity index is 1.79. The molecule has 1 N–H and O–H groups in total. The summed E-state index contributed by atoms with van der Waals surface area (Å²) in [6, 6.07) is 13.7. The first kappa shape index (κ1) is 20.2. The number of quaternary nitrogens is 1. The van der Waals surface area contributed by atoms with Gasteiger partial charge >= 0.3 is 0 Å². The molecule has 0 aliphatic carbocycles. The molecule has 0 aliphatic heterocycles. The first-order valence-electron chi connectivity index (χ1n) is 9.48. The molecule has 28 heavy (non-hydrogen) atoms. The normalized spacial score (nSPS) is 11.1. The second-order valence-electron chi connectivity index (χ2n) is 6.46. The summed E-state index contributed by atoms with van der Waals surface area (Å²) in [5.41, 5.74) is 0.693. The molecule has 3 aromatic rings. The van der Waals surface area contributed by atoms with Crippen LogP contribution >= 0.6 is 11.3 Å². The van der Waals surface area contributed by atoms with E-state index in [2.05, 4.69) is 18.8 Å². The van der Waals surface area contributed by atoms with Crippen LogP contribution in [0.5, 0.6) is 5.75 Å². The summed E-state index contributed by atoms with van der Waals surface area (Å²) in [4.78, 5) is 20.5. The summed E-state index contributed by atoms with van der Waals surface area (Å²) in [6.07, 6.45) is 0. The number of rotatable bonds is 9. The number of aromatic nitrogens is 1. The smallest absolute Gasteiger partial charge is 0.266 e. The highest BCUT2D eigenvalue weighted by molar-refractivity contribution is 7.22. The SMILES string of the molecule is CC[NH+](CC)CCN(C(=O)COc1ccccc1)c1nc2ccc(F)cc2s1. The van der Waals surface area contributed by atoms with Crippen LogP contribution < -0.4 is 14.5 Å². The molecule has 1 heterocycles. The molecule has 0 aliphatic rings. The molecule has 0 unspecified atom stereocenters. The maximum atomic E-state index is 13.5. The van der Waals surface area contributed by atoms with Gasteiger partial charge < -0.3 is 9.64 Å². The number of halogens is 1. The molecule has 5 nitrogen and oxygen atoms in total. The van der Waals surface area contributed by atoms with Crippen molar-refractivity contribution in [2.75, 3.05) is 37.7 Å². The average Bonchev–Trinajstić information content (AvgIpc) is 3.13. The first-order chi connectivity index (χ1) is 13.6. The van der Waals surface area contributed by atoms with Gasteiger partial charge in [0.05, 0.1) is 36.4 Å². The van der Waals surface area contributed by atoms with Gasteiger partial charge in [-0.25, -0.2) is 9.37 Å². The lowest BCUT2D eigenvalue weighted by Crippen LogP contribution is -3.12. The van der Waals surface area contributed by atoms with Crippen molar-refractivity contribution < 1.29 is 18.8 Å². The molecule has 0 saturated carbocycles. The Morgan fingerprint density at radius 3 is 2.64 bits per heavy atom. The molecule has 148 valence electrons. The summed E-state index contributed by atoms with van der Waals surface area (Å²) < 4.78 is 19.9. The molecule has 0 saturated heterocycles. The second kappa shape index (κ2) is 9.61. The fourth-order valence-electron chi connectivity index (χ4n) is 2.94. The van der Waals surface area contributed by atoms with E-state index in [1.165, 1.54) is 28.4 Å². The van der Waals surface area contributed by atoms with Crippen LogP contribution in [-0.2, 0) is 4.79 Å². The lowest BCUT2D eigenvalue weighted by atomic mass is 10.3. The van der Waals surface area contributed by atoms with E-state index in [9.17, 15) is 9.18 Å². The second-order valence-corrected chi connectivity index (χ2v) is 7.47. The van der Waals surface area contributed by atoms with E-state index < -0.39 is 0 Å². The fourth-order valence-corrected chi connectivity index (χ4v) is 3.98. The van der Waals surface area contributed by atoms with Gasteiger partial charge in [-0.3, -0.25) is 9.69 Å². The third-order valence-corrected chi connectivity index (χ3v) is 5.71. The molecule has 1 amide bonds. The highest BCUT2D eigenvalue weighted by Crippen LogP contribution is 2.29. The summed E-state index contributed by atoms with van der Waals surface area (Å²) >= 11 is 1.33. The lowest BCUT2D eigenvalue weighted by molar-refractivity contribution is -0.894. The van der Waals surface area contributed by atoms with Crippen molar-refractivity contribution in [2.24, 2.45) is 0 Å². The Kier molecular flexibility index (Phi) is 6.95. The van der Waals surface area contributed by atoms with Gasteiger partial charge in [-0.15, -0.1) is 0 Å². The number of thiazole rings is 1. The minimum absolute atomic E-state index is 0.0676. The zero-order valence-corrected chi connectivity index (χ0v) is 17.0. The van der Waals surface area contributed by atoms with E-state index in [4.69, 9.17) is 4.74 Å². The van der Waals surface area contributed by atoms with Crippen LogP contribution in [0.2, 0.25) is 0 Å². The van der Waals surface area contributed by atoms with E-state index in [1.807, 2.05) is 30.3 Å². The molecule has 0 spiro atoms. The molecule has 7 heteroatoms. The molecule has 1 aromatic heterocycles. The van der Waals surface area contributed by atoms with E-state index in [1.54, 1.807) is 11.0 Å². The zero-order valence-electron chi connectivity index (χ0n) is 16.2. The van der Waals surface area contributed by atoms with Crippen molar-refractivity contribution in [1.82, 2.24) is 4.98 Å². The monoisotopic (exact) mass is 402 g/mol. The molecular formula is C21H25FN3O2S+. The first-order valence-corrected chi connectivity index (χ1v) is 10.3. The number of ether oxygens (including phenoxy) is 1. The maximum absolute atomic E-state index is 13.5. The molecule has 0 fully saturated rings. The van der Waals surface area contributed by atoms with Crippen LogP contribution in [0.1, 0.15) is 13.8 Å². The molecular weight excluding hydrogens is 377 g/mol. The molecule has 3 rings (SSSR count). The third-order valence-electron chi connectivity index (χ3n) is 4.67. The van der Waals surface area contributed by atoms with Crippen molar-refractivity contribution in [3.8, 4) is 5.75 Å². The number of fused-ring (bicyclic) bond motifs is 1. The predicted molar refractivity (Wildman–Crippen MR) is 111 cm³/mol. The zero-order chi connectivity index (χ0) is 19.9. The lowest BCUT2D eigenvalue weighted by Gasteiger charge is -2.23. The quantitative estimate of drug-likeness (QED) is 0.599. The van der Waals surface area contributed by atoms with Crippen LogP contribution in [0.25, 0.3) is 10.2 Å². The number of hydrogen-bond donors (Lipinski definition) is 1. The predicted octanol–water partition coefficient (Wildman–Crippen LogP) is 2.77. The van der Waals surface area contributed by atoms with Crippen molar-refractivity contribution >= 4 is 32.6 Å². The summed E-state index contributed by atoms with van der Waals surface area (Å²) in [7, 11) is 0. The molecule has 2 aromatic carbocycles. The van der Waals surface area contributed by atoms with Gasteiger partial charge in [0.1, 0.15) is 11.6 Å². The maximum Gasteiger partial charge on any atom is 0.266 e. The number of anilines is 1. The van der Waals surface area contributed by atoms with Gasteiger partial charge in [-0.1, -0.05) is 29.5 Å². The van der Waals surface area contributed by atoms with Crippen LogP contribution in [0.4, 0.5) is 9.52 Å². The van der Waals surface area contributed by atoms with Gasteiger partial charge in [0.15, 0.2) is 11.7 Å². The number of benzene rings is 2. The largest absolute Gasteiger partial charge is 0.484 e. The van der Waals surface area contributed by atoms with Crippen LogP contribution in [0, 0.1) is 5.82 Å². The number of likely N-dealkylation sites (N-methyl/N-ethyl adjacent to an activating group) is 1. The van der Waals surface area contributed by atoms with Crippen molar-refractivity contribution in [1.29, 1.82) is 0 Å². The van der Waals surface area contributed by atoms with Gasteiger partial charge in [0, 0.05) is 0 Å². The Hall–Kier alpha value is -2.51. The number of hydrogen-bond acceptors (Lipinski definition) is 4. The van der Waals surface area contributed by atoms with Crippen molar-refractivity contribution in [3.05, 3.63) is 54.3 Å². The number of nitrogens with one attached hydrogen (secondary N) is 1. The van der Waals surface area contributed by atoms with E-state index in [0.717, 1.165) is 24.3 Å². The Morgan fingerprint density at radius 1 is 1.18 bits per heavy atom. The number of amides is 1. The van der Waals surface area contributed by atoms with Crippen LogP contribution in [0.3, 0.4) is 0 Å². The standard InChI is InChI=1S/C21H24FN3O2S/c1-3-24(4-2)12-13-25(20(26)15-27-17-8-6-5-7-9-17)21-23-18-11-10-16(22)14-19(18)28-21/h5-11,14H,3-4,12-13,15H2,1-2H3/p+1. The topological polar surface area (TPSA) is 46.9 Å². The van der Waals surface area contributed by atoms with Crippen LogP contribution in [-0.4, -0.2) is 43.7 Å². The number of carbonyl (C=O) groups is 1. The fraction of sp³-hybridized carbons (Fsp3) is 0.333. The number of carbonyl (C=O) groups excluding carboxylic acids is 1. The Morgan fingerprint density at radius 2 is 1.93 bits per heavy atom. The number of para-hydroxylation sites is 1. The van der Waals surface area contributed by atoms with Gasteiger partial charge in [-0.05, 0) is 44.2 Å². The Labute approximate surface area is 168 Å². The number of nitrogens with zero attached hydrogens (tertiary/aromatic N) is 2. The highest BCUT2D eigenvalue weighted by Gasteiger charge is 2.22. The summed E-state index contributed by atoms with van der Waals surface area (Å²) in [6.45, 7) is 7.52. The molecule has 0 atom stereocenters. The molecule has 0 radical (unpaired) electrons. The van der Waals surface area contributed by atoms with E-state index in [0.29, 0.717) is 22.9 Å². The summed E-state index contributed by atoms with van der Waals surface area (Å²) in [5, 5.41) is 0.578. The van der Waals surface area contributed by atoms with E-state index in [-0.39, 0.29) is 18.3 Å². The highest BCUT2D eigenvalue weighted by atomic mass is 32.1.